The Balaban J connectivity index is 2.21. The second-order valence-electron chi connectivity index (χ2n) is 4.59. The average molecular weight is 236 g/mol. The maximum absolute atomic E-state index is 6.34. The molecule has 1 saturated heterocycles. The summed E-state index contributed by atoms with van der Waals surface area (Å²) in [5.41, 5.74) is 8.06. The van der Waals surface area contributed by atoms with Gasteiger partial charge in [-0.05, 0) is 18.6 Å². The van der Waals surface area contributed by atoms with Crippen LogP contribution in [0.2, 0.25) is 0 Å². The van der Waals surface area contributed by atoms with Crippen LogP contribution < -0.4 is 5.73 Å². The molecule has 2 heterocycles. The highest BCUT2D eigenvalue weighted by Gasteiger charge is 2.39. The van der Waals surface area contributed by atoms with E-state index in [1.165, 1.54) is 0 Å². The zero-order valence-corrected chi connectivity index (χ0v) is 10.5. The van der Waals surface area contributed by atoms with Gasteiger partial charge in [0.05, 0.1) is 11.6 Å². The van der Waals surface area contributed by atoms with E-state index in [2.05, 4.69) is 4.98 Å². The summed E-state index contributed by atoms with van der Waals surface area (Å²) in [7, 11) is 1.73. The minimum absolute atomic E-state index is 0.149. The molecule has 0 bridgehead atoms. The van der Waals surface area contributed by atoms with Gasteiger partial charge in [0.15, 0.2) is 0 Å². The third kappa shape index (κ3) is 2.49. The lowest BCUT2D eigenvalue weighted by atomic mass is 9.83. The fourth-order valence-corrected chi connectivity index (χ4v) is 2.33. The first-order valence-electron chi connectivity index (χ1n) is 5.99. The van der Waals surface area contributed by atoms with Gasteiger partial charge in [0.1, 0.15) is 0 Å². The van der Waals surface area contributed by atoms with E-state index in [0.29, 0.717) is 13.2 Å². The first-order chi connectivity index (χ1) is 8.18. The molecule has 1 aliphatic heterocycles. The number of aryl methyl sites for hydroxylation is 1. The Labute approximate surface area is 102 Å². The summed E-state index contributed by atoms with van der Waals surface area (Å²) in [4.78, 5) is 4.29. The van der Waals surface area contributed by atoms with Crippen LogP contribution in [0.4, 0.5) is 0 Å². The fraction of sp³-hybridized carbons (Fsp3) is 0.615. The van der Waals surface area contributed by atoms with E-state index in [0.717, 1.165) is 24.1 Å². The van der Waals surface area contributed by atoms with Crippen molar-refractivity contribution >= 4 is 0 Å². The van der Waals surface area contributed by atoms with Crippen molar-refractivity contribution in [2.75, 3.05) is 20.3 Å². The van der Waals surface area contributed by atoms with Crippen LogP contribution in [0, 0.1) is 6.92 Å². The molecule has 94 valence electrons. The molecule has 0 saturated carbocycles. The van der Waals surface area contributed by atoms with Crippen LogP contribution in [0.15, 0.2) is 18.3 Å². The van der Waals surface area contributed by atoms with Gasteiger partial charge in [0, 0.05) is 45.1 Å². The van der Waals surface area contributed by atoms with Crippen molar-refractivity contribution in [3.63, 3.8) is 0 Å². The smallest absolute Gasteiger partial charge is 0.0914 e. The Morgan fingerprint density at radius 3 is 2.65 bits per heavy atom. The van der Waals surface area contributed by atoms with E-state index in [1.807, 2.05) is 25.3 Å². The van der Waals surface area contributed by atoms with E-state index >= 15 is 0 Å². The average Bonchev–Trinajstić information content (AvgIpc) is 2.39. The van der Waals surface area contributed by atoms with Crippen LogP contribution in [0.1, 0.15) is 30.1 Å². The lowest BCUT2D eigenvalue weighted by Gasteiger charge is -2.40. The number of pyridine rings is 1. The van der Waals surface area contributed by atoms with Crippen LogP contribution in [-0.4, -0.2) is 30.9 Å². The Hall–Kier alpha value is -0.970. The summed E-state index contributed by atoms with van der Waals surface area (Å²) in [6.45, 7) is 3.39. The van der Waals surface area contributed by atoms with Gasteiger partial charge in [-0.25, -0.2) is 0 Å². The summed E-state index contributed by atoms with van der Waals surface area (Å²) < 4.78 is 11.1. The molecule has 0 radical (unpaired) electrons. The summed E-state index contributed by atoms with van der Waals surface area (Å²) in [6, 6.07) is 3.87. The molecule has 0 amide bonds. The van der Waals surface area contributed by atoms with Gasteiger partial charge in [0.25, 0.3) is 0 Å². The molecule has 1 fully saturated rings. The molecule has 0 aliphatic carbocycles. The third-order valence-electron chi connectivity index (χ3n) is 3.61. The van der Waals surface area contributed by atoms with Gasteiger partial charge in [-0.2, -0.15) is 0 Å². The van der Waals surface area contributed by atoms with Gasteiger partial charge in [0.2, 0.25) is 0 Å². The topological polar surface area (TPSA) is 57.4 Å². The molecule has 1 aliphatic rings. The van der Waals surface area contributed by atoms with Crippen molar-refractivity contribution in [1.29, 1.82) is 0 Å². The van der Waals surface area contributed by atoms with Crippen LogP contribution in [0.25, 0.3) is 0 Å². The zero-order chi connectivity index (χ0) is 12.3. The Bertz CT molecular complexity index is 358. The van der Waals surface area contributed by atoms with Crippen LogP contribution in [0.5, 0.6) is 0 Å². The standard InChI is InChI=1S/C13H20N2O2/c1-10-3-4-11(9-15-10)12(14)13(16-2)5-7-17-8-6-13/h3-4,9,12H,5-8,14H2,1-2H3. The summed E-state index contributed by atoms with van der Waals surface area (Å²) >= 11 is 0. The minimum Gasteiger partial charge on any atom is -0.381 e. The molecular formula is C13H20N2O2. The molecule has 1 aromatic rings. The van der Waals surface area contributed by atoms with Crippen molar-refractivity contribution in [2.24, 2.45) is 5.73 Å². The quantitative estimate of drug-likeness (QED) is 0.865. The van der Waals surface area contributed by atoms with Gasteiger partial charge in [-0.15, -0.1) is 0 Å². The number of hydrogen-bond donors (Lipinski definition) is 1. The second kappa shape index (κ2) is 5.12. The van der Waals surface area contributed by atoms with Crippen molar-refractivity contribution in [3.8, 4) is 0 Å². The molecule has 2 N–H and O–H groups in total. The Morgan fingerprint density at radius 1 is 1.41 bits per heavy atom. The summed E-state index contributed by atoms with van der Waals surface area (Å²) in [5, 5.41) is 0. The van der Waals surface area contributed by atoms with Crippen LogP contribution in [-0.2, 0) is 9.47 Å². The molecule has 1 aromatic heterocycles. The highest BCUT2D eigenvalue weighted by molar-refractivity contribution is 5.20. The molecule has 1 atom stereocenters. The first kappa shape index (κ1) is 12.5. The predicted octanol–water partition coefficient (Wildman–Crippen LogP) is 1.59. The number of methoxy groups -OCH3 is 1. The second-order valence-corrected chi connectivity index (χ2v) is 4.59. The van der Waals surface area contributed by atoms with Gasteiger partial charge in [-0.1, -0.05) is 6.07 Å². The van der Waals surface area contributed by atoms with E-state index < -0.39 is 0 Å². The number of aromatic nitrogens is 1. The fourth-order valence-electron chi connectivity index (χ4n) is 2.33. The van der Waals surface area contributed by atoms with Crippen molar-refractivity contribution in [2.45, 2.75) is 31.4 Å². The van der Waals surface area contributed by atoms with E-state index in [1.54, 1.807) is 7.11 Å². The lowest BCUT2D eigenvalue weighted by molar-refractivity contribution is -0.105. The Morgan fingerprint density at radius 2 is 2.12 bits per heavy atom. The first-order valence-corrected chi connectivity index (χ1v) is 5.99. The van der Waals surface area contributed by atoms with E-state index in [9.17, 15) is 0 Å². The molecular weight excluding hydrogens is 216 g/mol. The highest BCUT2D eigenvalue weighted by atomic mass is 16.5. The minimum atomic E-state index is -0.310. The number of rotatable bonds is 3. The zero-order valence-electron chi connectivity index (χ0n) is 10.5. The van der Waals surface area contributed by atoms with E-state index in [4.69, 9.17) is 15.2 Å². The lowest BCUT2D eigenvalue weighted by Crippen LogP contribution is -2.47. The number of nitrogens with two attached hydrogens (primary N) is 1. The number of ether oxygens (including phenoxy) is 2. The van der Waals surface area contributed by atoms with Crippen LogP contribution in [0.3, 0.4) is 0 Å². The predicted molar refractivity (Wildman–Crippen MR) is 65.7 cm³/mol. The summed E-state index contributed by atoms with van der Waals surface area (Å²) in [5.74, 6) is 0. The third-order valence-corrected chi connectivity index (χ3v) is 3.61. The molecule has 1 unspecified atom stereocenters. The van der Waals surface area contributed by atoms with Crippen molar-refractivity contribution in [3.05, 3.63) is 29.6 Å². The SMILES string of the molecule is COC1(C(N)c2ccc(C)nc2)CCOCC1. The van der Waals surface area contributed by atoms with E-state index in [-0.39, 0.29) is 11.6 Å². The summed E-state index contributed by atoms with van der Waals surface area (Å²) in [6.07, 6.45) is 3.51. The highest BCUT2D eigenvalue weighted by Crippen LogP contribution is 2.35. The van der Waals surface area contributed by atoms with Gasteiger partial charge in [-0.3, -0.25) is 4.98 Å². The van der Waals surface area contributed by atoms with Crippen molar-refractivity contribution < 1.29 is 9.47 Å². The molecule has 4 heteroatoms. The maximum Gasteiger partial charge on any atom is 0.0914 e. The number of hydrogen-bond acceptors (Lipinski definition) is 4. The Kier molecular flexibility index (Phi) is 3.76. The van der Waals surface area contributed by atoms with Gasteiger partial charge >= 0.3 is 0 Å². The largest absolute Gasteiger partial charge is 0.381 e. The molecule has 17 heavy (non-hydrogen) atoms. The monoisotopic (exact) mass is 236 g/mol. The number of nitrogens with zero attached hydrogens (tertiary/aromatic N) is 1. The molecule has 4 nitrogen and oxygen atoms in total. The molecule has 2 rings (SSSR count). The molecule has 0 aromatic carbocycles. The maximum atomic E-state index is 6.34. The van der Waals surface area contributed by atoms with Crippen molar-refractivity contribution in [1.82, 2.24) is 4.98 Å². The van der Waals surface area contributed by atoms with Gasteiger partial charge < -0.3 is 15.2 Å². The normalized spacial score (nSPS) is 21.1. The van der Waals surface area contributed by atoms with Crippen LogP contribution >= 0.6 is 0 Å². The molecule has 0 spiro atoms.